The Morgan fingerprint density at radius 1 is 1.29 bits per heavy atom. The summed E-state index contributed by atoms with van der Waals surface area (Å²) in [4.78, 5) is 16.3. The molecule has 2 aromatic rings. The smallest absolute Gasteiger partial charge is 0.169 e. The van der Waals surface area contributed by atoms with Gasteiger partial charge in [-0.05, 0) is 5.92 Å². The number of hydrogen-bond acceptors (Lipinski definition) is 3. The van der Waals surface area contributed by atoms with Crippen molar-refractivity contribution in [1.82, 2.24) is 14.6 Å². The number of carbonyl (C=O) groups excluding carboxylic acids is 1. The van der Waals surface area contributed by atoms with Crippen LogP contribution in [-0.2, 0) is 0 Å². The van der Waals surface area contributed by atoms with Crippen molar-refractivity contribution in [3.63, 3.8) is 0 Å². The molecule has 0 aliphatic rings. The largest absolute Gasteiger partial charge is 0.294 e. The zero-order chi connectivity index (χ0) is 12.6. The van der Waals surface area contributed by atoms with Gasteiger partial charge in [-0.1, -0.05) is 27.7 Å². The normalized spacial score (nSPS) is 11.6. The standard InChI is InChI=1S/C13H17N3O/c1-8(2)12-11(13(17)9(3)4)10-7-14-5-6-16(10)15-12/h5-9H,1-4H3. The summed E-state index contributed by atoms with van der Waals surface area (Å²) in [6.45, 7) is 7.91. The molecule has 0 saturated heterocycles. The van der Waals surface area contributed by atoms with E-state index in [1.807, 2.05) is 27.7 Å². The lowest BCUT2D eigenvalue weighted by Gasteiger charge is -2.06. The van der Waals surface area contributed by atoms with Crippen molar-refractivity contribution in [2.24, 2.45) is 5.92 Å². The average Bonchev–Trinajstić information content (AvgIpc) is 2.67. The van der Waals surface area contributed by atoms with Gasteiger partial charge in [0.2, 0.25) is 0 Å². The van der Waals surface area contributed by atoms with Crippen LogP contribution in [0.1, 0.15) is 49.7 Å². The highest BCUT2D eigenvalue weighted by Crippen LogP contribution is 2.24. The molecule has 2 aromatic heterocycles. The van der Waals surface area contributed by atoms with Gasteiger partial charge in [0, 0.05) is 18.3 Å². The molecule has 4 nitrogen and oxygen atoms in total. The molecule has 2 heterocycles. The van der Waals surface area contributed by atoms with E-state index < -0.39 is 0 Å². The molecule has 0 aliphatic heterocycles. The van der Waals surface area contributed by atoms with E-state index in [-0.39, 0.29) is 17.6 Å². The van der Waals surface area contributed by atoms with Crippen molar-refractivity contribution in [3.8, 4) is 0 Å². The van der Waals surface area contributed by atoms with E-state index in [4.69, 9.17) is 0 Å². The van der Waals surface area contributed by atoms with Crippen molar-refractivity contribution >= 4 is 11.3 Å². The molecule has 0 saturated carbocycles. The molecule has 0 radical (unpaired) electrons. The summed E-state index contributed by atoms with van der Waals surface area (Å²) in [5.41, 5.74) is 2.38. The first-order valence-corrected chi connectivity index (χ1v) is 5.88. The van der Waals surface area contributed by atoms with Gasteiger partial charge in [0.1, 0.15) is 0 Å². The maximum atomic E-state index is 12.3. The number of rotatable bonds is 3. The zero-order valence-corrected chi connectivity index (χ0v) is 10.6. The predicted molar refractivity (Wildman–Crippen MR) is 66.2 cm³/mol. The Balaban J connectivity index is 2.72. The molecule has 0 aromatic carbocycles. The van der Waals surface area contributed by atoms with Crippen LogP contribution in [0.5, 0.6) is 0 Å². The Morgan fingerprint density at radius 3 is 2.59 bits per heavy atom. The fourth-order valence-corrected chi connectivity index (χ4v) is 1.86. The van der Waals surface area contributed by atoms with Gasteiger partial charge >= 0.3 is 0 Å². The SMILES string of the molecule is CC(C)C(=O)c1c(C(C)C)nn2ccncc12. The van der Waals surface area contributed by atoms with Gasteiger partial charge in [-0.25, -0.2) is 4.52 Å². The van der Waals surface area contributed by atoms with Crippen LogP contribution >= 0.6 is 0 Å². The molecule has 0 aliphatic carbocycles. The molecular formula is C13H17N3O. The third-order valence-electron chi connectivity index (χ3n) is 2.78. The zero-order valence-electron chi connectivity index (χ0n) is 10.6. The van der Waals surface area contributed by atoms with E-state index in [0.717, 1.165) is 16.8 Å². The van der Waals surface area contributed by atoms with Gasteiger partial charge in [-0.2, -0.15) is 5.10 Å². The minimum atomic E-state index is -0.0271. The summed E-state index contributed by atoms with van der Waals surface area (Å²) < 4.78 is 1.73. The van der Waals surface area contributed by atoms with Crippen LogP contribution in [0.2, 0.25) is 0 Å². The van der Waals surface area contributed by atoms with Crippen LogP contribution in [0.15, 0.2) is 18.6 Å². The first-order chi connectivity index (χ1) is 8.02. The van der Waals surface area contributed by atoms with Crippen molar-refractivity contribution < 1.29 is 4.79 Å². The van der Waals surface area contributed by atoms with E-state index in [0.29, 0.717) is 0 Å². The summed E-state index contributed by atoms with van der Waals surface area (Å²) >= 11 is 0. The summed E-state index contributed by atoms with van der Waals surface area (Å²) in [6.07, 6.45) is 5.15. The fourth-order valence-electron chi connectivity index (χ4n) is 1.86. The van der Waals surface area contributed by atoms with Gasteiger partial charge < -0.3 is 0 Å². The molecule has 0 N–H and O–H groups in total. The number of Topliss-reactive ketones (excluding diaryl/α,β-unsaturated/α-hetero) is 1. The molecule has 2 rings (SSSR count). The van der Waals surface area contributed by atoms with Crippen LogP contribution in [0.4, 0.5) is 0 Å². The minimum Gasteiger partial charge on any atom is -0.294 e. The number of nitrogens with zero attached hydrogens (tertiary/aromatic N) is 3. The van der Waals surface area contributed by atoms with Gasteiger partial charge in [0.15, 0.2) is 5.78 Å². The molecule has 0 atom stereocenters. The summed E-state index contributed by atoms with van der Waals surface area (Å²) in [5, 5.41) is 4.47. The Bertz CT molecular complexity index is 555. The molecule has 0 bridgehead atoms. The van der Waals surface area contributed by atoms with E-state index in [1.54, 1.807) is 23.1 Å². The van der Waals surface area contributed by atoms with E-state index in [9.17, 15) is 4.79 Å². The maximum absolute atomic E-state index is 12.3. The van der Waals surface area contributed by atoms with Crippen molar-refractivity contribution in [3.05, 3.63) is 29.8 Å². The lowest BCUT2D eigenvalue weighted by molar-refractivity contribution is 0.0939. The third-order valence-corrected chi connectivity index (χ3v) is 2.78. The van der Waals surface area contributed by atoms with Gasteiger partial charge in [-0.3, -0.25) is 9.78 Å². The average molecular weight is 231 g/mol. The third kappa shape index (κ3) is 1.95. The van der Waals surface area contributed by atoms with Gasteiger partial charge in [-0.15, -0.1) is 0 Å². The Kier molecular flexibility index (Phi) is 2.96. The molecule has 0 spiro atoms. The van der Waals surface area contributed by atoms with Crippen molar-refractivity contribution in [2.45, 2.75) is 33.6 Å². The second-order valence-corrected chi connectivity index (χ2v) is 4.84. The molecule has 0 amide bonds. The number of carbonyl (C=O) groups is 1. The summed E-state index contributed by atoms with van der Waals surface area (Å²) in [5.74, 6) is 0.338. The molecule has 0 unspecified atom stereocenters. The number of aromatic nitrogens is 3. The number of ketones is 1. The van der Waals surface area contributed by atoms with Crippen LogP contribution in [0.3, 0.4) is 0 Å². The summed E-state index contributed by atoms with van der Waals surface area (Å²) in [6, 6.07) is 0. The molecule has 4 heteroatoms. The Labute approximate surface area is 101 Å². The first-order valence-electron chi connectivity index (χ1n) is 5.88. The molecule has 0 fully saturated rings. The second-order valence-electron chi connectivity index (χ2n) is 4.84. The highest BCUT2D eigenvalue weighted by Gasteiger charge is 2.23. The quantitative estimate of drug-likeness (QED) is 0.763. The minimum absolute atomic E-state index is 0.0271. The second kappa shape index (κ2) is 4.28. The number of fused-ring (bicyclic) bond motifs is 1. The lowest BCUT2D eigenvalue weighted by atomic mass is 9.96. The van der Waals surface area contributed by atoms with Crippen molar-refractivity contribution in [1.29, 1.82) is 0 Å². The lowest BCUT2D eigenvalue weighted by Crippen LogP contribution is -2.10. The molecule has 90 valence electrons. The monoisotopic (exact) mass is 231 g/mol. The highest BCUT2D eigenvalue weighted by molar-refractivity contribution is 6.04. The predicted octanol–water partition coefficient (Wildman–Crippen LogP) is 2.69. The van der Waals surface area contributed by atoms with E-state index in [1.165, 1.54) is 0 Å². The maximum Gasteiger partial charge on any atom is 0.169 e. The summed E-state index contributed by atoms with van der Waals surface area (Å²) in [7, 11) is 0. The molecular weight excluding hydrogens is 214 g/mol. The van der Waals surface area contributed by atoms with Gasteiger partial charge in [0.05, 0.1) is 23.0 Å². The topological polar surface area (TPSA) is 47.3 Å². The van der Waals surface area contributed by atoms with Crippen LogP contribution in [-0.4, -0.2) is 20.4 Å². The number of hydrogen-bond donors (Lipinski definition) is 0. The Morgan fingerprint density at radius 2 is 2.00 bits per heavy atom. The van der Waals surface area contributed by atoms with E-state index >= 15 is 0 Å². The van der Waals surface area contributed by atoms with Crippen LogP contribution in [0.25, 0.3) is 5.52 Å². The fraction of sp³-hybridized carbons (Fsp3) is 0.462. The van der Waals surface area contributed by atoms with E-state index in [2.05, 4.69) is 10.1 Å². The van der Waals surface area contributed by atoms with Crippen molar-refractivity contribution in [2.75, 3.05) is 0 Å². The Hall–Kier alpha value is -1.71. The van der Waals surface area contributed by atoms with Crippen LogP contribution in [0, 0.1) is 5.92 Å². The van der Waals surface area contributed by atoms with Crippen LogP contribution < -0.4 is 0 Å². The first kappa shape index (κ1) is 11.8. The van der Waals surface area contributed by atoms with Gasteiger partial charge in [0.25, 0.3) is 0 Å². The molecule has 17 heavy (non-hydrogen) atoms. The highest BCUT2D eigenvalue weighted by atomic mass is 16.1.